The Labute approximate surface area is 85.3 Å². The van der Waals surface area contributed by atoms with Crippen LogP contribution in [0.1, 0.15) is 5.76 Å². The van der Waals surface area contributed by atoms with E-state index >= 15 is 0 Å². The van der Waals surface area contributed by atoms with Gasteiger partial charge in [0.15, 0.2) is 5.49 Å². The van der Waals surface area contributed by atoms with Crippen LogP contribution in [0.3, 0.4) is 0 Å². The molecule has 0 aliphatic heterocycles. The maximum atomic E-state index is 9.18. The number of hydrogen-bond donors (Lipinski definition) is 3. The van der Waals surface area contributed by atoms with Crippen molar-refractivity contribution >= 4 is 5.82 Å². The highest BCUT2D eigenvalue weighted by Gasteiger charge is 1.98. The van der Waals surface area contributed by atoms with Gasteiger partial charge in [-0.15, -0.1) is 0 Å². The van der Waals surface area contributed by atoms with Gasteiger partial charge in [-0.2, -0.15) is 4.73 Å². The van der Waals surface area contributed by atoms with E-state index in [-0.39, 0.29) is 5.49 Å². The minimum Gasteiger partial charge on any atom is -0.467 e. The van der Waals surface area contributed by atoms with E-state index in [2.05, 4.69) is 10.3 Å². The molecule has 0 saturated carbocycles. The first kappa shape index (κ1) is 9.32. The van der Waals surface area contributed by atoms with Crippen LogP contribution in [0.4, 0.5) is 5.82 Å². The standard InChI is InChI=1S/C9H10N4O2/c10-8-5-12-9(6-13(8)14)11-4-7-2-1-3-15-7/h1-3,5-6,10-11,14H,4H2. The molecule has 2 rings (SSSR count). The Morgan fingerprint density at radius 2 is 2.47 bits per heavy atom. The Morgan fingerprint density at radius 1 is 1.60 bits per heavy atom. The van der Waals surface area contributed by atoms with E-state index in [9.17, 15) is 5.21 Å². The van der Waals surface area contributed by atoms with Crippen LogP contribution in [-0.4, -0.2) is 14.9 Å². The summed E-state index contributed by atoms with van der Waals surface area (Å²) in [6.07, 6.45) is 4.17. The van der Waals surface area contributed by atoms with Gasteiger partial charge >= 0.3 is 0 Å². The second kappa shape index (κ2) is 3.87. The van der Waals surface area contributed by atoms with E-state index in [1.54, 1.807) is 12.3 Å². The third-order valence-corrected chi connectivity index (χ3v) is 1.84. The highest BCUT2D eigenvalue weighted by molar-refractivity contribution is 5.30. The molecule has 0 aliphatic carbocycles. The molecule has 15 heavy (non-hydrogen) atoms. The largest absolute Gasteiger partial charge is 0.467 e. The molecule has 0 unspecified atom stereocenters. The summed E-state index contributed by atoms with van der Waals surface area (Å²) in [5.41, 5.74) is -0.0708. The van der Waals surface area contributed by atoms with Crippen molar-refractivity contribution in [1.82, 2.24) is 9.71 Å². The molecule has 0 aliphatic rings. The van der Waals surface area contributed by atoms with Crippen molar-refractivity contribution in [2.24, 2.45) is 0 Å². The summed E-state index contributed by atoms with van der Waals surface area (Å²) in [7, 11) is 0. The van der Waals surface area contributed by atoms with Gasteiger partial charge in [0, 0.05) is 0 Å². The Bertz CT molecular complexity index is 489. The van der Waals surface area contributed by atoms with Crippen LogP contribution in [0.5, 0.6) is 0 Å². The van der Waals surface area contributed by atoms with E-state index in [1.807, 2.05) is 6.07 Å². The minimum atomic E-state index is -0.0708. The third-order valence-electron chi connectivity index (χ3n) is 1.84. The molecule has 0 bridgehead atoms. The first-order valence-electron chi connectivity index (χ1n) is 4.34. The second-order valence-electron chi connectivity index (χ2n) is 2.94. The van der Waals surface area contributed by atoms with Crippen molar-refractivity contribution in [2.75, 3.05) is 5.32 Å². The summed E-state index contributed by atoms with van der Waals surface area (Å²) in [6, 6.07) is 3.63. The highest BCUT2D eigenvalue weighted by atomic mass is 16.5. The summed E-state index contributed by atoms with van der Waals surface area (Å²) in [5.74, 6) is 1.25. The Balaban J connectivity index is 2.05. The molecular weight excluding hydrogens is 196 g/mol. The van der Waals surface area contributed by atoms with Gasteiger partial charge in [-0.25, -0.2) is 4.98 Å². The topological polar surface area (TPSA) is 87.1 Å². The molecule has 3 N–H and O–H groups in total. The van der Waals surface area contributed by atoms with Crippen LogP contribution in [0.2, 0.25) is 0 Å². The lowest BCUT2D eigenvalue weighted by Gasteiger charge is -2.04. The molecule has 0 aromatic carbocycles. The van der Waals surface area contributed by atoms with E-state index in [0.717, 1.165) is 5.76 Å². The van der Waals surface area contributed by atoms with Gasteiger partial charge in [0.2, 0.25) is 0 Å². The predicted octanol–water partition coefficient (Wildman–Crippen LogP) is 0.805. The zero-order chi connectivity index (χ0) is 10.7. The molecule has 2 aromatic rings. The fourth-order valence-corrected chi connectivity index (χ4v) is 1.09. The van der Waals surface area contributed by atoms with E-state index in [4.69, 9.17) is 9.83 Å². The number of nitrogens with zero attached hydrogens (tertiary/aromatic N) is 2. The van der Waals surface area contributed by atoms with Gasteiger partial charge < -0.3 is 14.9 Å². The fourth-order valence-electron chi connectivity index (χ4n) is 1.09. The summed E-state index contributed by atoms with van der Waals surface area (Å²) in [4.78, 5) is 3.92. The van der Waals surface area contributed by atoms with Crippen LogP contribution in [0.25, 0.3) is 0 Å². The van der Waals surface area contributed by atoms with Gasteiger partial charge in [0.25, 0.3) is 0 Å². The lowest BCUT2D eigenvalue weighted by atomic mass is 10.4. The molecule has 0 spiro atoms. The number of hydrogen-bond acceptors (Lipinski definition) is 5. The Kier molecular flexibility index (Phi) is 2.40. The number of nitrogens with one attached hydrogen (secondary N) is 2. The molecule has 6 nitrogen and oxygen atoms in total. The van der Waals surface area contributed by atoms with Crippen LogP contribution in [0.15, 0.2) is 35.2 Å². The molecule has 0 saturated heterocycles. The second-order valence-corrected chi connectivity index (χ2v) is 2.94. The average molecular weight is 206 g/mol. The first-order chi connectivity index (χ1) is 7.25. The van der Waals surface area contributed by atoms with Crippen molar-refractivity contribution in [3.63, 3.8) is 0 Å². The van der Waals surface area contributed by atoms with Gasteiger partial charge in [0.1, 0.15) is 11.6 Å². The average Bonchev–Trinajstić information content (AvgIpc) is 2.73. The van der Waals surface area contributed by atoms with Crippen molar-refractivity contribution in [2.45, 2.75) is 6.54 Å². The summed E-state index contributed by atoms with van der Waals surface area (Å²) < 4.78 is 5.80. The van der Waals surface area contributed by atoms with Crippen molar-refractivity contribution in [3.05, 3.63) is 42.0 Å². The molecule has 6 heteroatoms. The lowest BCUT2D eigenvalue weighted by molar-refractivity contribution is 0.170. The Hall–Kier alpha value is -2.24. The summed E-state index contributed by atoms with van der Waals surface area (Å²) >= 11 is 0. The number of furan rings is 1. The van der Waals surface area contributed by atoms with Crippen molar-refractivity contribution in [1.29, 1.82) is 5.41 Å². The normalized spacial score (nSPS) is 10.1. The Morgan fingerprint density at radius 3 is 3.13 bits per heavy atom. The SMILES string of the molecule is N=c1cnc(NCc2ccco2)cn1O. The van der Waals surface area contributed by atoms with Gasteiger partial charge in [-0.3, -0.25) is 5.41 Å². The lowest BCUT2D eigenvalue weighted by Crippen LogP contribution is -2.18. The molecule has 0 amide bonds. The monoisotopic (exact) mass is 206 g/mol. The van der Waals surface area contributed by atoms with Crippen molar-refractivity contribution < 1.29 is 9.62 Å². The molecule has 0 atom stereocenters. The maximum absolute atomic E-state index is 9.18. The number of aromatic nitrogens is 2. The number of anilines is 1. The maximum Gasteiger partial charge on any atom is 0.179 e. The predicted molar refractivity (Wildman–Crippen MR) is 51.3 cm³/mol. The van der Waals surface area contributed by atoms with E-state index < -0.39 is 0 Å². The van der Waals surface area contributed by atoms with E-state index in [0.29, 0.717) is 17.1 Å². The molecule has 2 aromatic heterocycles. The van der Waals surface area contributed by atoms with Crippen LogP contribution in [-0.2, 0) is 6.54 Å². The van der Waals surface area contributed by atoms with Gasteiger partial charge in [-0.05, 0) is 12.1 Å². The highest BCUT2D eigenvalue weighted by Crippen LogP contribution is 2.04. The van der Waals surface area contributed by atoms with E-state index in [1.165, 1.54) is 12.4 Å². The van der Waals surface area contributed by atoms with Crippen LogP contribution in [0, 0.1) is 5.41 Å². The zero-order valence-corrected chi connectivity index (χ0v) is 7.84. The van der Waals surface area contributed by atoms with Crippen LogP contribution >= 0.6 is 0 Å². The molecule has 2 heterocycles. The van der Waals surface area contributed by atoms with Gasteiger partial charge in [-0.1, -0.05) is 0 Å². The molecule has 78 valence electrons. The smallest absolute Gasteiger partial charge is 0.179 e. The first-order valence-corrected chi connectivity index (χ1v) is 4.34. The molecule has 0 radical (unpaired) electrons. The molecule has 0 fully saturated rings. The summed E-state index contributed by atoms with van der Waals surface area (Å²) in [5, 5.41) is 19.3. The van der Waals surface area contributed by atoms with Gasteiger partial charge in [0.05, 0.1) is 25.2 Å². The fraction of sp³-hybridized carbons (Fsp3) is 0.111. The number of rotatable bonds is 3. The minimum absolute atomic E-state index is 0.0708. The third kappa shape index (κ3) is 2.16. The molecular formula is C9H10N4O2. The summed E-state index contributed by atoms with van der Waals surface area (Å²) in [6.45, 7) is 0.483. The van der Waals surface area contributed by atoms with Crippen molar-refractivity contribution in [3.8, 4) is 0 Å². The quantitative estimate of drug-likeness (QED) is 0.648. The zero-order valence-electron chi connectivity index (χ0n) is 7.84. The van der Waals surface area contributed by atoms with Crippen LogP contribution < -0.4 is 10.8 Å².